The number of benzene rings is 1. The van der Waals surface area contributed by atoms with Crippen LogP contribution >= 0.6 is 18.1 Å². The van der Waals surface area contributed by atoms with Crippen LogP contribution in [-0.4, -0.2) is 18.6 Å². The molecule has 1 saturated carbocycles. The van der Waals surface area contributed by atoms with Crippen LogP contribution in [-0.2, 0) is 14.1 Å². The summed E-state index contributed by atoms with van der Waals surface area (Å²) in [5, 5.41) is 2.52. The Hall–Kier alpha value is -1.03. The normalized spacial score (nSPS) is 18.7. The number of ether oxygens (including phenoxy) is 1. The van der Waals surface area contributed by atoms with Gasteiger partial charge >= 0.3 is 12.8 Å². The van der Waals surface area contributed by atoms with Crippen molar-refractivity contribution in [2.75, 3.05) is 6.61 Å². The minimum absolute atomic E-state index is 0.376. The Morgan fingerprint density at radius 1 is 1.23 bits per heavy atom. The first kappa shape index (κ1) is 21.3. The van der Waals surface area contributed by atoms with Crippen molar-refractivity contribution in [3.63, 3.8) is 0 Å². The van der Waals surface area contributed by atoms with Crippen molar-refractivity contribution in [2.45, 2.75) is 64.3 Å². The molecule has 0 radical (unpaired) electrons. The number of carbonyl (C=O) groups excluding carboxylic acids is 1. The molecule has 0 aromatic heterocycles. The average molecular weight is 402 g/mol. The number of hydrogen-bond donors (Lipinski definition) is 1. The number of hydrogen-bond acceptors (Lipinski definition) is 4. The molecule has 1 N–H and O–H groups in total. The molecular weight excluding hydrogens is 373 g/mol. The lowest BCUT2D eigenvalue weighted by molar-refractivity contribution is -0.145. The molecule has 1 fully saturated rings. The number of carbonyl (C=O) groups is 1. The molecule has 0 aliphatic heterocycles. The van der Waals surface area contributed by atoms with Crippen molar-refractivity contribution in [2.24, 2.45) is 5.92 Å². The number of halogens is 1. The van der Waals surface area contributed by atoms with Gasteiger partial charge < -0.3 is 9.26 Å². The predicted molar refractivity (Wildman–Crippen MR) is 105 cm³/mol. The standard InChI is InChI=1S/C19H29ClNO4P/c1-16(21-26(20,23)25-18-13-6-3-7-14-18)19(22)24-15-9-8-12-17-10-4-2-5-11-17/h3,6-7,13-14,16-17H,2,4-5,8-12,15H2,1H3,(H,21,23)/t16-,26?/m0/s1. The van der Waals surface area contributed by atoms with Crippen molar-refractivity contribution in [3.05, 3.63) is 30.3 Å². The fraction of sp³-hybridized carbons (Fsp3) is 0.632. The van der Waals surface area contributed by atoms with Gasteiger partial charge in [-0.25, -0.2) is 9.65 Å². The Morgan fingerprint density at radius 3 is 2.62 bits per heavy atom. The van der Waals surface area contributed by atoms with Crippen molar-refractivity contribution >= 4 is 24.1 Å². The van der Waals surface area contributed by atoms with Crippen molar-refractivity contribution in [3.8, 4) is 5.75 Å². The van der Waals surface area contributed by atoms with E-state index < -0.39 is 18.9 Å². The highest BCUT2D eigenvalue weighted by Gasteiger charge is 2.28. The van der Waals surface area contributed by atoms with E-state index in [2.05, 4.69) is 5.09 Å². The maximum atomic E-state index is 12.3. The first-order chi connectivity index (χ1) is 12.5. The number of para-hydroxylation sites is 1. The molecule has 0 bridgehead atoms. The summed E-state index contributed by atoms with van der Waals surface area (Å²) < 4.78 is 22.8. The summed E-state index contributed by atoms with van der Waals surface area (Å²) in [5.41, 5.74) is 0. The van der Waals surface area contributed by atoms with E-state index in [1.165, 1.54) is 38.5 Å². The molecule has 7 heteroatoms. The zero-order valence-electron chi connectivity index (χ0n) is 15.4. The third kappa shape index (κ3) is 8.11. The molecule has 1 aromatic rings. The van der Waals surface area contributed by atoms with E-state index in [9.17, 15) is 9.36 Å². The van der Waals surface area contributed by atoms with E-state index in [1.807, 2.05) is 6.07 Å². The van der Waals surface area contributed by atoms with Gasteiger partial charge in [0.15, 0.2) is 0 Å². The minimum atomic E-state index is -3.67. The van der Waals surface area contributed by atoms with Gasteiger partial charge in [-0.3, -0.25) is 4.79 Å². The molecule has 146 valence electrons. The summed E-state index contributed by atoms with van der Waals surface area (Å²) in [6.45, 7) is -1.72. The summed E-state index contributed by atoms with van der Waals surface area (Å²) in [6.07, 6.45) is 9.91. The second kappa shape index (κ2) is 11.0. The lowest BCUT2D eigenvalue weighted by Crippen LogP contribution is -2.33. The molecule has 1 unspecified atom stereocenters. The third-order valence-electron chi connectivity index (χ3n) is 4.64. The van der Waals surface area contributed by atoms with Crippen molar-refractivity contribution in [1.29, 1.82) is 0 Å². The topological polar surface area (TPSA) is 64.6 Å². The van der Waals surface area contributed by atoms with E-state index in [1.54, 1.807) is 31.2 Å². The van der Waals surface area contributed by atoms with Gasteiger partial charge in [0, 0.05) is 11.2 Å². The molecule has 5 nitrogen and oxygen atoms in total. The van der Waals surface area contributed by atoms with Crippen LogP contribution in [0.4, 0.5) is 0 Å². The Morgan fingerprint density at radius 2 is 1.92 bits per heavy atom. The molecule has 1 aromatic carbocycles. The lowest BCUT2D eigenvalue weighted by atomic mass is 9.86. The van der Waals surface area contributed by atoms with Gasteiger partial charge in [0.25, 0.3) is 0 Å². The number of rotatable bonds is 10. The fourth-order valence-electron chi connectivity index (χ4n) is 3.24. The van der Waals surface area contributed by atoms with Gasteiger partial charge in [0.2, 0.25) is 0 Å². The first-order valence-electron chi connectivity index (χ1n) is 9.45. The second-order valence-electron chi connectivity index (χ2n) is 6.90. The quantitative estimate of drug-likeness (QED) is 0.310. The molecule has 0 spiro atoms. The maximum absolute atomic E-state index is 12.3. The number of unbranched alkanes of at least 4 members (excludes halogenated alkanes) is 1. The van der Waals surface area contributed by atoms with Gasteiger partial charge in [-0.1, -0.05) is 56.7 Å². The lowest BCUT2D eigenvalue weighted by Gasteiger charge is -2.21. The van der Waals surface area contributed by atoms with Crippen LogP contribution in [0.15, 0.2) is 30.3 Å². The largest absolute Gasteiger partial charge is 0.465 e. The van der Waals surface area contributed by atoms with E-state index in [0.717, 1.165) is 18.8 Å². The highest BCUT2D eigenvalue weighted by molar-refractivity contribution is 7.84. The fourth-order valence-corrected chi connectivity index (χ4v) is 4.93. The van der Waals surface area contributed by atoms with Crippen LogP contribution in [0, 0.1) is 5.92 Å². The maximum Gasteiger partial charge on any atom is 0.409 e. The zero-order chi connectivity index (χ0) is 18.8. The highest BCUT2D eigenvalue weighted by Crippen LogP contribution is 2.48. The van der Waals surface area contributed by atoms with Gasteiger partial charge in [-0.2, -0.15) is 0 Å². The smallest absolute Gasteiger partial charge is 0.409 e. The van der Waals surface area contributed by atoms with E-state index in [4.69, 9.17) is 20.5 Å². The Balaban J connectivity index is 1.62. The van der Waals surface area contributed by atoms with E-state index >= 15 is 0 Å². The summed E-state index contributed by atoms with van der Waals surface area (Å²) >= 11 is 5.89. The van der Waals surface area contributed by atoms with Crippen LogP contribution in [0.3, 0.4) is 0 Å². The third-order valence-corrected chi connectivity index (χ3v) is 6.28. The van der Waals surface area contributed by atoms with Gasteiger partial charge in [0.1, 0.15) is 11.8 Å². The first-order valence-corrected chi connectivity index (χ1v) is 12.0. The Kier molecular flexibility index (Phi) is 8.97. The Labute approximate surface area is 161 Å². The van der Waals surface area contributed by atoms with Crippen LogP contribution in [0.25, 0.3) is 0 Å². The number of esters is 1. The summed E-state index contributed by atoms with van der Waals surface area (Å²) in [4.78, 5) is 12.0. The van der Waals surface area contributed by atoms with Gasteiger partial charge in [0.05, 0.1) is 6.61 Å². The molecule has 0 amide bonds. The zero-order valence-corrected chi connectivity index (χ0v) is 17.0. The molecule has 2 rings (SSSR count). The van der Waals surface area contributed by atoms with Crippen LogP contribution in [0.2, 0.25) is 0 Å². The van der Waals surface area contributed by atoms with Gasteiger partial charge in [-0.05, 0) is 37.8 Å². The van der Waals surface area contributed by atoms with Gasteiger partial charge in [-0.15, -0.1) is 0 Å². The summed E-state index contributed by atoms with van der Waals surface area (Å²) in [5.74, 6) is 0.749. The second-order valence-corrected chi connectivity index (χ2v) is 9.64. The Bertz CT molecular complexity index is 592. The highest BCUT2D eigenvalue weighted by atomic mass is 35.7. The monoisotopic (exact) mass is 401 g/mol. The molecule has 1 aliphatic carbocycles. The van der Waals surface area contributed by atoms with E-state index in [-0.39, 0.29) is 0 Å². The van der Waals surface area contributed by atoms with Crippen LogP contribution < -0.4 is 9.61 Å². The molecular formula is C19H29ClNO4P. The summed E-state index contributed by atoms with van der Waals surface area (Å²) in [6, 6.07) is 7.79. The van der Waals surface area contributed by atoms with Crippen LogP contribution in [0.1, 0.15) is 58.3 Å². The SMILES string of the molecule is C[C@H](NP(=O)(Cl)Oc1ccccc1)C(=O)OCCCCC1CCCCC1. The van der Waals surface area contributed by atoms with Crippen molar-refractivity contribution < 1.29 is 18.6 Å². The molecule has 0 heterocycles. The molecule has 1 aliphatic rings. The number of nitrogens with one attached hydrogen (secondary N) is 1. The predicted octanol–water partition coefficient (Wildman–Crippen LogP) is 5.68. The minimum Gasteiger partial charge on any atom is -0.465 e. The molecule has 0 saturated heterocycles. The molecule has 2 atom stereocenters. The average Bonchev–Trinajstić information content (AvgIpc) is 2.62. The van der Waals surface area contributed by atoms with Crippen LogP contribution in [0.5, 0.6) is 5.75 Å². The molecule has 26 heavy (non-hydrogen) atoms. The van der Waals surface area contributed by atoms with E-state index in [0.29, 0.717) is 12.4 Å². The summed E-state index contributed by atoms with van der Waals surface area (Å²) in [7, 11) is 0. The van der Waals surface area contributed by atoms with Crippen molar-refractivity contribution in [1.82, 2.24) is 5.09 Å².